The van der Waals surface area contributed by atoms with Crippen LogP contribution in [0.5, 0.6) is 11.5 Å². The van der Waals surface area contributed by atoms with Gasteiger partial charge in [0.1, 0.15) is 23.3 Å². The first kappa shape index (κ1) is 19.4. The maximum Gasteiger partial charge on any atom is 0.267 e. The number of benzene rings is 2. The largest absolute Gasteiger partial charge is 0.497 e. The van der Waals surface area contributed by atoms with Gasteiger partial charge in [-0.25, -0.2) is 0 Å². The van der Waals surface area contributed by atoms with Gasteiger partial charge in [0, 0.05) is 24.6 Å². The number of nitrogens with one attached hydrogen (secondary N) is 1. The highest BCUT2D eigenvalue weighted by Gasteiger charge is 2.34. The molecule has 0 saturated carbocycles. The third-order valence-electron chi connectivity index (χ3n) is 4.60. The zero-order chi connectivity index (χ0) is 20.1. The van der Waals surface area contributed by atoms with Gasteiger partial charge in [-0.2, -0.15) is 5.10 Å². The fraction of sp³-hybridized carbons (Fsp3) is 0.286. The third kappa shape index (κ3) is 4.14. The molecule has 1 N–H and O–H groups in total. The number of nitrogens with zero attached hydrogens (tertiary/aromatic N) is 2. The molecule has 0 bridgehead atoms. The Morgan fingerprint density at radius 1 is 1.14 bits per heavy atom. The van der Waals surface area contributed by atoms with Crippen molar-refractivity contribution in [1.29, 1.82) is 0 Å². The number of hydrazone groups is 1. The molecule has 3 rings (SSSR count). The molecule has 28 heavy (non-hydrogen) atoms. The second kappa shape index (κ2) is 8.56. The summed E-state index contributed by atoms with van der Waals surface area (Å²) < 4.78 is 10.5. The first-order valence-corrected chi connectivity index (χ1v) is 8.94. The van der Waals surface area contributed by atoms with Gasteiger partial charge in [0.25, 0.3) is 5.91 Å². The highest BCUT2D eigenvalue weighted by Crippen LogP contribution is 2.26. The summed E-state index contributed by atoms with van der Waals surface area (Å²) in [6.45, 7) is 1.79. The fourth-order valence-corrected chi connectivity index (χ4v) is 3.06. The zero-order valence-corrected chi connectivity index (χ0v) is 16.1. The van der Waals surface area contributed by atoms with Crippen LogP contribution in [0.3, 0.4) is 0 Å². The standard InChI is InChI=1S/C21H23N3O4/c1-14(25)19-12-18(23-24(19)16-7-5-4-6-8-16)21(26)22-13-15-9-10-17(27-2)11-20(15)28-3/h4-11,19H,12-13H2,1-3H3,(H,22,26). The SMILES string of the molecule is COc1ccc(CNC(=O)C2=NN(c3ccccc3)C(C(C)=O)C2)c(OC)c1. The van der Waals surface area contributed by atoms with E-state index < -0.39 is 6.04 Å². The molecular weight excluding hydrogens is 358 g/mol. The maximum absolute atomic E-state index is 12.6. The lowest BCUT2D eigenvalue weighted by Crippen LogP contribution is -2.34. The Bertz CT molecular complexity index is 896. The zero-order valence-electron chi connectivity index (χ0n) is 16.1. The Kier molecular flexibility index (Phi) is 5.93. The minimum atomic E-state index is -0.473. The number of carbonyl (C=O) groups excluding carboxylic acids is 2. The Hall–Kier alpha value is -3.35. The van der Waals surface area contributed by atoms with E-state index in [1.807, 2.05) is 36.4 Å². The third-order valence-corrected chi connectivity index (χ3v) is 4.60. The van der Waals surface area contributed by atoms with Crippen molar-refractivity contribution in [3.8, 4) is 11.5 Å². The van der Waals surface area contributed by atoms with E-state index in [1.165, 1.54) is 6.92 Å². The number of para-hydroxylation sites is 1. The van der Waals surface area contributed by atoms with Crippen LogP contribution in [0.15, 0.2) is 53.6 Å². The van der Waals surface area contributed by atoms with Crippen molar-refractivity contribution in [2.75, 3.05) is 19.2 Å². The molecule has 7 nitrogen and oxygen atoms in total. The molecule has 2 aromatic carbocycles. The lowest BCUT2D eigenvalue weighted by atomic mass is 10.1. The molecule has 1 aliphatic heterocycles. The molecule has 1 unspecified atom stereocenters. The molecule has 0 saturated heterocycles. The van der Waals surface area contributed by atoms with E-state index in [-0.39, 0.29) is 24.7 Å². The summed E-state index contributed by atoms with van der Waals surface area (Å²) >= 11 is 0. The lowest BCUT2D eigenvalue weighted by Gasteiger charge is -2.20. The van der Waals surface area contributed by atoms with Crippen molar-refractivity contribution in [2.24, 2.45) is 5.10 Å². The van der Waals surface area contributed by atoms with Crippen molar-refractivity contribution in [2.45, 2.75) is 25.9 Å². The summed E-state index contributed by atoms with van der Waals surface area (Å²) in [5.74, 6) is 0.963. The van der Waals surface area contributed by atoms with E-state index in [0.29, 0.717) is 17.2 Å². The number of carbonyl (C=O) groups is 2. The molecule has 1 atom stereocenters. The molecule has 0 aliphatic carbocycles. The normalized spacial score (nSPS) is 15.8. The van der Waals surface area contributed by atoms with Crippen LogP contribution in [-0.4, -0.2) is 37.7 Å². The first-order chi connectivity index (χ1) is 13.5. The quantitative estimate of drug-likeness (QED) is 0.797. The van der Waals surface area contributed by atoms with Gasteiger partial charge in [-0.15, -0.1) is 0 Å². The number of methoxy groups -OCH3 is 2. The minimum Gasteiger partial charge on any atom is -0.497 e. The number of amides is 1. The van der Waals surface area contributed by atoms with Gasteiger partial charge in [-0.05, 0) is 31.2 Å². The highest BCUT2D eigenvalue weighted by molar-refractivity contribution is 6.40. The van der Waals surface area contributed by atoms with Crippen LogP contribution in [0.25, 0.3) is 0 Å². The van der Waals surface area contributed by atoms with Gasteiger partial charge in [-0.3, -0.25) is 14.6 Å². The fourth-order valence-electron chi connectivity index (χ4n) is 3.06. The number of Topliss-reactive ketones (excluding diaryl/α,β-unsaturated/α-hetero) is 1. The average molecular weight is 381 g/mol. The molecule has 7 heteroatoms. The van der Waals surface area contributed by atoms with Crippen LogP contribution in [0.4, 0.5) is 5.69 Å². The molecule has 1 aliphatic rings. The van der Waals surface area contributed by atoms with Crippen molar-refractivity contribution in [3.05, 3.63) is 54.1 Å². The van der Waals surface area contributed by atoms with Crippen LogP contribution in [0, 0.1) is 0 Å². The second-order valence-electron chi connectivity index (χ2n) is 6.42. The first-order valence-electron chi connectivity index (χ1n) is 8.94. The predicted molar refractivity (Wildman–Crippen MR) is 107 cm³/mol. The van der Waals surface area contributed by atoms with Crippen LogP contribution in [0.1, 0.15) is 18.9 Å². The number of hydrogen-bond donors (Lipinski definition) is 1. The maximum atomic E-state index is 12.6. The van der Waals surface area contributed by atoms with Crippen LogP contribution < -0.4 is 19.8 Å². The smallest absolute Gasteiger partial charge is 0.267 e. The van der Waals surface area contributed by atoms with E-state index in [9.17, 15) is 9.59 Å². The number of anilines is 1. The van der Waals surface area contributed by atoms with Gasteiger partial charge < -0.3 is 14.8 Å². The Labute approximate surface area is 163 Å². The summed E-state index contributed by atoms with van der Waals surface area (Å²) in [5, 5.41) is 8.88. The van der Waals surface area contributed by atoms with E-state index in [0.717, 1.165) is 11.3 Å². The van der Waals surface area contributed by atoms with E-state index in [1.54, 1.807) is 31.4 Å². The lowest BCUT2D eigenvalue weighted by molar-refractivity contribution is -0.118. The summed E-state index contributed by atoms with van der Waals surface area (Å²) in [7, 11) is 3.15. The van der Waals surface area contributed by atoms with E-state index in [2.05, 4.69) is 10.4 Å². The van der Waals surface area contributed by atoms with Gasteiger partial charge >= 0.3 is 0 Å². The Balaban J connectivity index is 1.73. The average Bonchev–Trinajstić information content (AvgIpc) is 3.18. The van der Waals surface area contributed by atoms with Crippen molar-refractivity contribution < 1.29 is 19.1 Å². The summed E-state index contributed by atoms with van der Waals surface area (Å²) in [6, 6.07) is 14.3. The van der Waals surface area contributed by atoms with Gasteiger partial charge in [0.2, 0.25) is 0 Å². The molecule has 0 aromatic heterocycles. The number of hydrogen-bond acceptors (Lipinski definition) is 6. The monoisotopic (exact) mass is 381 g/mol. The second-order valence-corrected chi connectivity index (χ2v) is 6.42. The van der Waals surface area contributed by atoms with Crippen molar-refractivity contribution in [3.63, 3.8) is 0 Å². The summed E-state index contributed by atoms with van der Waals surface area (Å²) in [6.07, 6.45) is 0.274. The highest BCUT2D eigenvalue weighted by atomic mass is 16.5. The van der Waals surface area contributed by atoms with E-state index in [4.69, 9.17) is 9.47 Å². The molecule has 0 radical (unpaired) electrons. The molecule has 0 spiro atoms. The van der Waals surface area contributed by atoms with Crippen molar-refractivity contribution in [1.82, 2.24) is 5.32 Å². The number of ketones is 1. The Morgan fingerprint density at radius 3 is 2.54 bits per heavy atom. The molecule has 0 fully saturated rings. The summed E-state index contributed by atoms with van der Waals surface area (Å²) in [5.41, 5.74) is 1.93. The van der Waals surface area contributed by atoms with Gasteiger partial charge in [-0.1, -0.05) is 18.2 Å². The Morgan fingerprint density at radius 2 is 1.89 bits per heavy atom. The predicted octanol–water partition coefficient (Wildman–Crippen LogP) is 2.54. The molecule has 1 heterocycles. The minimum absolute atomic E-state index is 0.0350. The van der Waals surface area contributed by atoms with Gasteiger partial charge in [0.15, 0.2) is 5.78 Å². The van der Waals surface area contributed by atoms with Crippen LogP contribution in [0.2, 0.25) is 0 Å². The van der Waals surface area contributed by atoms with Crippen molar-refractivity contribution >= 4 is 23.1 Å². The molecule has 1 amide bonds. The molecule has 2 aromatic rings. The van der Waals surface area contributed by atoms with Crippen LogP contribution >= 0.6 is 0 Å². The molecular formula is C21H23N3O4. The number of rotatable bonds is 7. The topological polar surface area (TPSA) is 80.2 Å². The number of ether oxygens (including phenoxy) is 2. The van der Waals surface area contributed by atoms with Crippen LogP contribution in [-0.2, 0) is 16.1 Å². The molecule has 146 valence electrons. The summed E-state index contributed by atoms with van der Waals surface area (Å²) in [4.78, 5) is 24.7. The van der Waals surface area contributed by atoms with E-state index >= 15 is 0 Å². The van der Waals surface area contributed by atoms with Gasteiger partial charge in [0.05, 0.1) is 19.9 Å².